The van der Waals surface area contributed by atoms with Crippen LogP contribution >= 0.6 is 0 Å². The average Bonchev–Trinajstić information content (AvgIpc) is 3.20. The number of rotatable bonds is 5. The Hall–Kier alpha value is -2.42. The van der Waals surface area contributed by atoms with Gasteiger partial charge in [-0.3, -0.25) is 4.79 Å². The summed E-state index contributed by atoms with van der Waals surface area (Å²) < 4.78 is 46.7. The molecular formula is C15H14F3N3O3. The molecule has 1 heterocycles. The van der Waals surface area contributed by atoms with Crippen LogP contribution in [0.4, 0.5) is 13.2 Å². The van der Waals surface area contributed by atoms with Crippen molar-refractivity contribution in [3.05, 3.63) is 35.7 Å². The molecule has 128 valence electrons. The van der Waals surface area contributed by atoms with Crippen molar-refractivity contribution in [2.75, 3.05) is 7.11 Å². The van der Waals surface area contributed by atoms with Gasteiger partial charge in [0.05, 0.1) is 0 Å². The van der Waals surface area contributed by atoms with Crippen LogP contribution < -0.4 is 5.32 Å². The Morgan fingerprint density at radius 3 is 2.50 bits per heavy atom. The van der Waals surface area contributed by atoms with Gasteiger partial charge in [-0.2, -0.15) is 18.2 Å². The minimum atomic E-state index is -4.67. The van der Waals surface area contributed by atoms with Gasteiger partial charge in [0.2, 0.25) is 5.82 Å². The normalized spacial score (nSPS) is 16.0. The number of aromatic nitrogens is 2. The summed E-state index contributed by atoms with van der Waals surface area (Å²) >= 11 is 0. The van der Waals surface area contributed by atoms with E-state index in [-0.39, 0.29) is 11.7 Å². The first-order chi connectivity index (χ1) is 11.3. The zero-order valence-electron chi connectivity index (χ0n) is 12.7. The third-order valence-electron chi connectivity index (χ3n) is 3.84. The van der Waals surface area contributed by atoms with Crippen molar-refractivity contribution in [3.8, 4) is 11.4 Å². The second-order valence-electron chi connectivity index (χ2n) is 5.50. The van der Waals surface area contributed by atoms with Gasteiger partial charge < -0.3 is 14.6 Å². The fourth-order valence-corrected chi connectivity index (χ4v) is 2.21. The topological polar surface area (TPSA) is 77.2 Å². The number of alkyl halides is 3. The van der Waals surface area contributed by atoms with Crippen LogP contribution in [0.15, 0.2) is 28.8 Å². The summed E-state index contributed by atoms with van der Waals surface area (Å²) in [6.07, 6.45) is -3.27. The van der Waals surface area contributed by atoms with Crippen molar-refractivity contribution in [2.45, 2.75) is 31.2 Å². The number of methoxy groups -OCH3 is 1. The zero-order chi connectivity index (χ0) is 17.4. The summed E-state index contributed by atoms with van der Waals surface area (Å²) in [7, 11) is 1.50. The van der Waals surface area contributed by atoms with Crippen LogP contribution in [0.3, 0.4) is 0 Å². The molecule has 1 aliphatic carbocycles. The Balaban J connectivity index is 1.63. The molecule has 0 aliphatic heterocycles. The van der Waals surface area contributed by atoms with Crippen LogP contribution in [0, 0.1) is 0 Å². The molecule has 1 saturated carbocycles. The number of halogens is 3. The molecule has 9 heteroatoms. The lowest BCUT2D eigenvalue weighted by atomic mass is 10.1. The summed E-state index contributed by atoms with van der Waals surface area (Å²) in [5.41, 5.74) is 0.483. The van der Waals surface area contributed by atoms with Gasteiger partial charge in [0.15, 0.2) is 0 Å². The van der Waals surface area contributed by atoms with Crippen LogP contribution in [0.1, 0.15) is 24.3 Å². The first-order valence-electron chi connectivity index (χ1n) is 7.18. The van der Waals surface area contributed by atoms with Gasteiger partial charge in [-0.25, -0.2) is 0 Å². The van der Waals surface area contributed by atoms with Gasteiger partial charge in [0, 0.05) is 19.2 Å². The molecule has 1 amide bonds. The molecule has 3 rings (SSSR count). The van der Waals surface area contributed by atoms with Crippen LogP contribution in [-0.2, 0) is 22.3 Å². The number of nitrogens with zero attached hydrogens (tertiary/aromatic N) is 2. The van der Waals surface area contributed by atoms with E-state index in [0.29, 0.717) is 24.9 Å². The molecule has 1 fully saturated rings. The second kappa shape index (κ2) is 5.90. The average molecular weight is 341 g/mol. The Kier molecular flexibility index (Phi) is 4.04. The van der Waals surface area contributed by atoms with Crippen molar-refractivity contribution in [3.63, 3.8) is 0 Å². The van der Waals surface area contributed by atoms with Gasteiger partial charge in [0.1, 0.15) is 5.60 Å². The molecule has 1 aliphatic rings. The van der Waals surface area contributed by atoms with E-state index in [1.807, 2.05) is 0 Å². The monoisotopic (exact) mass is 341 g/mol. The number of hydrogen-bond donors (Lipinski definition) is 1. The summed E-state index contributed by atoms with van der Waals surface area (Å²) in [5.74, 6) is -1.69. The molecule has 2 aromatic rings. The fourth-order valence-electron chi connectivity index (χ4n) is 2.21. The maximum Gasteiger partial charge on any atom is 0.471 e. The lowest BCUT2D eigenvalue weighted by Gasteiger charge is -2.13. The van der Waals surface area contributed by atoms with Crippen molar-refractivity contribution in [2.24, 2.45) is 0 Å². The molecule has 0 saturated heterocycles. The van der Waals surface area contributed by atoms with Crippen molar-refractivity contribution in [1.82, 2.24) is 15.5 Å². The minimum Gasteiger partial charge on any atom is -0.368 e. The number of ether oxygens (including phenoxy) is 1. The van der Waals surface area contributed by atoms with E-state index in [1.54, 1.807) is 24.3 Å². The van der Waals surface area contributed by atoms with Gasteiger partial charge in [0.25, 0.3) is 5.91 Å². The largest absolute Gasteiger partial charge is 0.471 e. The van der Waals surface area contributed by atoms with Gasteiger partial charge in [-0.05, 0) is 18.4 Å². The molecule has 0 spiro atoms. The maximum absolute atomic E-state index is 12.4. The van der Waals surface area contributed by atoms with E-state index in [0.717, 1.165) is 5.56 Å². The third kappa shape index (κ3) is 3.25. The highest BCUT2D eigenvalue weighted by Crippen LogP contribution is 2.39. The summed E-state index contributed by atoms with van der Waals surface area (Å²) in [6.45, 7) is 0.296. The van der Waals surface area contributed by atoms with E-state index in [9.17, 15) is 18.0 Å². The Morgan fingerprint density at radius 2 is 2.00 bits per heavy atom. The van der Waals surface area contributed by atoms with Crippen LogP contribution in [-0.4, -0.2) is 28.8 Å². The Bertz CT molecular complexity index is 736. The van der Waals surface area contributed by atoms with E-state index in [4.69, 9.17) is 4.74 Å². The Morgan fingerprint density at radius 1 is 1.33 bits per heavy atom. The van der Waals surface area contributed by atoms with E-state index in [2.05, 4.69) is 20.0 Å². The number of nitrogens with one attached hydrogen (secondary N) is 1. The SMILES string of the molecule is COC1(C(=O)NCc2ccc(-c3noc(C(F)(F)F)n3)cc2)CC1. The quantitative estimate of drug-likeness (QED) is 0.904. The highest BCUT2D eigenvalue weighted by atomic mass is 19.4. The number of carbonyl (C=O) groups is 1. The molecule has 1 aromatic heterocycles. The second-order valence-corrected chi connectivity index (χ2v) is 5.50. The Labute approximate surface area is 135 Å². The van der Waals surface area contributed by atoms with Crippen molar-refractivity contribution >= 4 is 5.91 Å². The first-order valence-corrected chi connectivity index (χ1v) is 7.18. The minimum absolute atomic E-state index is 0.144. The van der Waals surface area contributed by atoms with E-state index in [1.165, 1.54) is 7.11 Å². The lowest BCUT2D eigenvalue weighted by Crippen LogP contribution is -2.37. The zero-order valence-corrected chi connectivity index (χ0v) is 12.7. The predicted molar refractivity (Wildman–Crippen MR) is 75.6 cm³/mol. The maximum atomic E-state index is 12.4. The molecule has 0 atom stereocenters. The molecular weight excluding hydrogens is 327 g/mol. The smallest absolute Gasteiger partial charge is 0.368 e. The van der Waals surface area contributed by atoms with E-state index >= 15 is 0 Å². The predicted octanol–water partition coefficient (Wildman–Crippen LogP) is 2.55. The molecule has 1 N–H and O–H groups in total. The standard InChI is InChI=1S/C15H14F3N3O3/c1-23-14(6-7-14)12(22)19-8-9-2-4-10(5-3-9)11-20-13(24-21-11)15(16,17)18/h2-5H,6-8H2,1H3,(H,19,22). The fraction of sp³-hybridized carbons (Fsp3) is 0.400. The van der Waals surface area contributed by atoms with Crippen LogP contribution in [0.2, 0.25) is 0 Å². The van der Waals surface area contributed by atoms with Gasteiger partial charge in [-0.1, -0.05) is 29.4 Å². The van der Waals surface area contributed by atoms with Gasteiger partial charge >= 0.3 is 12.1 Å². The third-order valence-corrected chi connectivity index (χ3v) is 3.84. The van der Waals surface area contributed by atoms with E-state index < -0.39 is 17.7 Å². The number of amides is 1. The van der Waals surface area contributed by atoms with Crippen LogP contribution in [0.5, 0.6) is 0 Å². The number of benzene rings is 1. The summed E-state index contributed by atoms with van der Waals surface area (Å²) in [6, 6.07) is 6.47. The summed E-state index contributed by atoms with van der Waals surface area (Å²) in [4.78, 5) is 15.3. The van der Waals surface area contributed by atoms with Crippen molar-refractivity contribution in [1.29, 1.82) is 0 Å². The van der Waals surface area contributed by atoms with Gasteiger partial charge in [-0.15, -0.1) is 0 Å². The summed E-state index contributed by atoms with van der Waals surface area (Å²) in [5, 5.41) is 6.09. The van der Waals surface area contributed by atoms with Crippen LogP contribution in [0.25, 0.3) is 11.4 Å². The molecule has 0 radical (unpaired) electrons. The lowest BCUT2D eigenvalue weighted by molar-refractivity contribution is -0.159. The number of carbonyl (C=O) groups excluding carboxylic acids is 1. The highest BCUT2D eigenvalue weighted by Gasteiger charge is 2.50. The van der Waals surface area contributed by atoms with Crippen molar-refractivity contribution < 1.29 is 27.2 Å². The number of hydrogen-bond acceptors (Lipinski definition) is 5. The highest BCUT2D eigenvalue weighted by molar-refractivity contribution is 5.88. The molecule has 1 aromatic carbocycles. The molecule has 6 nitrogen and oxygen atoms in total. The molecule has 0 unspecified atom stereocenters. The first kappa shape index (κ1) is 16.4. The molecule has 24 heavy (non-hydrogen) atoms. The molecule has 0 bridgehead atoms.